The standard InChI is InChI=1S/C27H35F3O/c1-2-3-4-6-9-20-12-14-21(15-13-20)16-17-26(22-10-7-5-8-11-22)31-23-18-24(28)27(30)25(29)19-23/h5,7-8,10-11,18-21,26H,2-4,6,9,12-17H2,1H3. The van der Waals surface area contributed by atoms with Gasteiger partial charge in [-0.25, -0.2) is 13.2 Å². The van der Waals surface area contributed by atoms with E-state index in [1.54, 1.807) is 0 Å². The van der Waals surface area contributed by atoms with E-state index in [-0.39, 0.29) is 11.9 Å². The van der Waals surface area contributed by atoms with Crippen molar-refractivity contribution < 1.29 is 17.9 Å². The highest BCUT2D eigenvalue weighted by molar-refractivity contribution is 5.27. The summed E-state index contributed by atoms with van der Waals surface area (Å²) < 4.78 is 46.5. The Morgan fingerprint density at radius 1 is 0.839 bits per heavy atom. The van der Waals surface area contributed by atoms with Crippen LogP contribution >= 0.6 is 0 Å². The summed E-state index contributed by atoms with van der Waals surface area (Å²) >= 11 is 0. The van der Waals surface area contributed by atoms with Crippen molar-refractivity contribution in [1.29, 1.82) is 0 Å². The number of ether oxygens (including phenoxy) is 1. The minimum absolute atomic E-state index is 0.0287. The Bertz CT molecular complexity index is 761. The molecule has 0 radical (unpaired) electrons. The van der Waals surface area contributed by atoms with Crippen molar-refractivity contribution >= 4 is 0 Å². The Morgan fingerprint density at radius 2 is 1.45 bits per heavy atom. The molecule has 170 valence electrons. The fourth-order valence-corrected chi connectivity index (χ4v) is 4.78. The van der Waals surface area contributed by atoms with E-state index in [0.717, 1.165) is 36.5 Å². The van der Waals surface area contributed by atoms with E-state index >= 15 is 0 Å². The normalized spacial score (nSPS) is 19.9. The Labute approximate surface area is 185 Å². The Morgan fingerprint density at radius 3 is 2.06 bits per heavy atom. The van der Waals surface area contributed by atoms with Crippen molar-refractivity contribution in [2.75, 3.05) is 0 Å². The molecule has 1 fully saturated rings. The van der Waals surface area contributed by atoms with Crippen LogP contribution < -0.4 is 4.74 Å². The smallest absolute Gasteiger partial charge is 0.194 e. The quantitative estimate of drug-likeness (QED) is 0.255. The lowest BCUT2D eigenvalue weighted by atomic mass is 9.77. The molecule has 0 spiro atoms. The number of halogens is 3. The van der Waals surface area contributed by atoms with E-state index < -0.39 is 17.5 Å². The molecule has 0 bridgehead atoms. The predicted octanol–water partition coefficient (Wildman–Crippen LogP) is 8.78. The third-order valence-electron chi connectivity index (χ3n) is 6.68. The van der Waals surface area contributed by atoms with Gasteiger partial charge in [-0.1, -0.05) is 95.0 Å². The molecule has 0 aromatic heterocycles. The van der Waals surface area contributed by atoms with Gasteiger partial charge in [0.1, 0.15) is 11.9 Å². The molecule has 3 rings (SSSR count). The van der Waals surface area contributed by atoms with Gasteiger partial charge in [-0.2, -0.15) is 0 Å². The molecular weight excluding hydrogens is 397 g/mol. The van der Waals surface area contributed by atoms with Gasteiger partial charge in [0.25, 0.3) is 0 Å². The molecule has 0 amide bonds. The van der Waals surface area contributed by atoms with Crippen LogP contribution in [0, 0.1) is 29.3 Å². The Kier molecular flexibility index (Phi) is 9.30. The number of hydrogen-bond acceptors (Lipinski definition) is 1. The zero-order valence-corrected chi connectivity index (χ0v) is 18.6. The number of rotatable bonds is 11. The summed E-state index contributed by atoms with van der Waals surface area (Å²) in [6.07, 6.45) is 13.3. The molecule has 1 nitrogen and oxygen atoms in total. The number of benzene rings is 2. The lowest BCUT2D eigenvalue weighted by molar-refractivity contribution is 0.166. The molecule has 1 aliphatic rings. The van der Waals surface area contributed by atoms with E-state index in [0.29, 0.717) is 5.92 Å². The van der Waals surface area contributed by atoms with Gasteiger partial charge < -0.3 is 4.74 Å². The molecule has 0 heterocycles. The highest BCUT2D eigenvalue weighted by Gasteiger charge is 2.23. The second-order valence-corrected chi connectivity index (χ2v) is 9.03. The summed E-state index contributed by atoms with van der Waals surface area (Å²) in [6, 6.07) is 11.6. The highest BCUT2D eigenvalue weighted by atomic mass is 19.2. The predicted molar refractivity (Wildman–Crippen MR) is 120 cm³/mol. The molecular formula is C27H35F3O. The van der Waals surface area contributed by atoms with Crippen LogP contribution in [-0.2, 0) is 0 Å². The van der Waals surface area contributed by atoms with Gasteiger partial charge >= 0.3 is 0 Å². The second-order valence-electron chi connectivity index (χ2n) is 9.03. The monoisotopic (exact) mass is 432 g/mol. The van der Waals surface area contributed by atoms with E-state index in [2.05, 4.69) is 6.92 Å². The molecule has 1 aliphatic carbocycles. The fraction of sp³-hybridized carbons (Fsp3) is 0.556. The molecule has 1 unspecified atom stereocenters. The van der Waals surface area contributed by atoms with Crippen LogP contribution in [0.3, 0.4) is 0 Å². The molecule has 0 N–H and O–H groups in total. The summed E-state index contributed by atoms with van der Waals surface area (Å²) in [7, 11) is 0. The summed E-state index contributed by atoms with van der Waals surface area (Å²) in [5.74, 6) is -2.34. The van der Waals surface area contributed by atoms with Crippen molar-refractivity contribution in [3.8, 4) is 5.75 Å². The first kappa shape index (κ1) is 23.7. The first-order valence-corrected chi connectivity index (χ1v) is 11.9. The number of hydrogen-bond donors (Lipinski definition) is 0. The molecule has 1 saturated carbocycles. The molecule has 0 aliphatic heterocycles. The topological polar surface area (TPSA) is 9.23 Å². The van der Waals surface area contributed by atoms with Crippen LogP contribution in [0.4, 0.5) is 13.2 Å². The molecule has 2 aromatic carbocycles. The van der Waals surface area contributed by atoms with Crippen molar-refractivity contribution in [3.63, 3.8) is 0 Å². The van der Waals surface area contributed by atoms with E-state index in [1.807, 2.05) is 30.3 Å². The maximum Gasteiger partial charge on any atom is 0.194 e. The first-order valence-electron chi connectivity index (χ1n) is 11.9. The zero-order valence-electron chi connectivity index (χ0n) is 18.6. The van der Waals surface area contributed by atoms with E-state index in [4.69, 9.17) is 4.74 Å². The molecule has 0 saturated heterocycles. The molecule has 1 atom stereocenters. The minimum Gasteiger partial charge on any atom is -0.486 e. The van der Waals surface area contributed by atoms with Crippen molar-refractivity contribution in [3.05, 3.63) is 65.5 Å². The summed E-state index contributed by atoms with van der Waals surface area (Å²) in [5, 5.41) is 0. The molecule has 31 heavy (non-hydrogen) atoms. The van der Waals surface area contributed by atoms with Crippen LogP contribution in [0.1, 0.15) is 89.2 Å². The van der Waals surface area contributed by atoms with E-state index in [1.165, 1.54) is 57.8 Å². The van der Waals surface area contributed by atoms with Gasteiger partial charge in [0.05, 0.1) is 0 Å². The maximum atomic E-state index is 13.6. The van der Waals surface area contributed by atoms with Gasteiger partial charge in [0, 0.05) is 12.1 Å². The average Bonchev–Trinajstić information content (AvgIpc) is 2.79. The maximum absolute atomic E-state index is 13.6. The van der Waals surface area contributed by atoms with Gasteiger partial charge in [0.2, 0.25) is 0 Å². The van der Waals surface area contributed by atoms with Crippen LogP contribution in [0.25, 0.3) is 0 Å². The Balaban J connectivity index is 1.55. The largest absolute Gasteiger partial charge is 0.486 e. The summed E-state index contributed by atoms with van der Waals surface area (Å²) in [4.78, 5) is 0. The van der Waals surface area contributed by atoms with Crippen molar-refractivity contribution in [2.45, 2.75) is 83.7 Å². The Hall–Kier alpha value is -1.97. The van der Waals surface area contributed by atoms with Gasteiger partial charge in [-0.15, -0.1) is 0 Å². The van der Waals surface area contributed by atoms with E-state index in [9.17, 15) is 13.2 Å². The van der Waals surface area contributed by atoms with Gasteiger partial charge in [-0.3, -0.25) is 0 Å². The van der Waals surface area contributed by atoms with Crippen molar-refractivity contribution in [1.82, 2.24) is 0 Å². The lowest BCUT2D eigenvalue weighted by Crippen LogP contribution is -2.17. The summed E-state index contributed by atoms with van der Waals surface area (Å²) in [6.45, 7) is 2.25. The van der Waals surface area contributed by atoms with Gasteiger partial charge in [-0.05, 0) is 30.2 Å². The highest BCUT2D eigenvalue weighted by Crippen LogP contribution is 2.37. The number of unbranched alkanes of at least 4 members (excludes halogenated alkanes) is 3. The van der Waals surface area contributed by atoms with Crippen LogP contribution in [0.15, 0.2) is 42.5 Å². The average molecular weight is 433 g/mol. The third-order valence-corrected chi connectivity index (χ3v) is 6.68. The SMILES string of the molecule is CCCCCCC1CCC(CCC(Oc2cc(F)c(F)c(F)c2)c2ccccc2)CC1. The fourth-order valence-electron chi connectivity index (χ4n) is 4.78. The summed E-state index contributed by atoms with van der Waals surface area (Å²) in [5.41, 5.74) is 0.970. The third kappa shape index (κ3) is 7.29. The second kappa shape index (κ2) is 12.2. The van der Waals surface area contributed by atoms with Crippen LogP contribution in [0.2, 0.25) is 0 Å². The molecule has 2 aromatic rings. The molecule has 4 heteroatoms. The van der Waals surface area contributed by atoms with Crippen molar-refractivity contribution in [2.24, 2.45) is 11.8 Å². The van der Waals surface area contributed by atoms with Crippen LogP contribution in [-0.4, -0.2) is 0 Å². The first-order chi connectivity index (χ1) is 15.1. The van der Waals surface area contributed by atoms with Gasteiger partial charge in [0.15, 0.2) is 17.5 Å². The minimum atomic E-state index is -1.46. The lowest BCUT2D eigenvalue weighted by Gasteiger charge is -2.30. The van der Waals surface area contributed by atoms with Crippen LogP contribution in [0.5, 0.6) is 5.75 Å². The zero-order chi connectivity index (χ0) is 22.1.